The number of carbonyl (C=O) groups is 1. The van der Waals surface area contributed by atoms with Crippen LogP contribution in [0.1, 0.15) is 18.1 Å². The minimum Gasteiger partial charge on any atom is -0.496 e. The monoisotopic (exact) mass is 416 g/mol. The van der Waals surface area contributed by atoms with E-state index in [4.69, 9.17) is 9.47 Å². The Balaban J connectivity index is 1.83. The van der Waals surface area contributed by atoms with Crippen molar-refractivity contribution < 1.29 is 18.7 Å². The average molecular weight is 416 g/mol. The van der Waals surface area contributed by atoms with Gasteiger partial charge in [0.25, 0.3) is 5.91 Å². The molecule has 1 heterocycles. The van der Waals surface area contributed by atoms with Crippen LogP contribution in [0.25, 0.3) is 6.08 Å². The molecule has 0 bridgehead atoms. The van der Waals surface area contributed by atoms with Crippen LogP contribution in [0.3, 0.4) is 0 Å². The average Bonchev–Trinajstić information content (AvgIpc) is 3.12. The van der Waals surface area contributed by atoms with Crippen molar-refractivity contribution in [2.45, 2.75) is 6.92 Å². The van der Waals surface area contributed by atoms with Crippen molar-refractivity contribution in [2.75, 3.05) is 18.6 Å². The fourth-order valence-corrected chi connectivity index (χ4v) is 3.36. The lowest BCUT2D eigenvalue weighted by atomic mass is 10.1. The van der Waals surface area contributed by atoms with Gasteiger partial charge < -0.3 is 9.47 Å². The van der Waals surface area contributed by atoms with Gasteiger partial charge in [-0.15, -0.1) is 0 Å². The van der Waals surface area contributed by atoms with Crippen LogP contribution in [0, 0.1) is 5.82 Å². The number of hydrogen-bond donors (Lipinski definition) is 0. The first kappa shape index (κ1) is 20.3. The van der Waals surface area contributed by atoms with Crippen molar-refractivity contribution >= 4 is 23.5 Å². The molecule has 5 nitrogen and oxygen atoms in total. The molecule has 1 aliphatic heterocycles. The Kier molecular flexibility index (Phi) is 5.80. The molecule has 156 valence electrons. The zero-order chi connectivity index (χ0) is 21.8. The molecular weight excluding hydrogens is 395 g/mol. The first-order valence-corrected chi connectivity index (χ1v) is 9.88. The molecule has 31 heavy (non-hydrogen) atoms. The van der Waals surface area contributed by atoms with Crippen LogP contribution in [0.2, 0.25) is 0 Å². The molecule has 0 radical (unpaired) electrons. The standard InChI is InChI=1S/C25H21FN2O3/c1-3-31-19-14-12-18(13-15-19)28-24(20-9-5-7-11-23(20)30-2)27-22(25(28)29)16-17-8-4-6-10-21(17)26/h4-16H,3H2,1-2H3/b22-16+. The fourth-order valence-electron chi connectivity index (χ4n) is 3.36. The van der Waals surface area contributed by atoms with E-state index in [-0.39, 0.29) is 11.6 Å². The van der Waals surface area contributed by atoms with Gasteiger partial charge in [0.1, 0.15) is 23.0 Å². The Labute approximate surface area is 180 Å². The molecule has 0 atom stereocenters. The predicted molar refractivity (Wildman–Crippen MR) is 119 cm³/mol. The SMILES string of the molecule is CCOc1ccc(N2C(=O)/C(=C\c3ccccc3F)N=C2c2ccccc2OC)cc1. The van der Waals surface area contributed by atoms with Crippen LogP contribution in [0.4, 0.5) is 10.1 Å². The minimum atomic E-state index is -0.420. The highest BCUT2D eigenvalue weighted by atomic mass is 19.1. The molecule has 3 aromatic carbocycles. The van der Waals surface area contributed by atoms with Gasteiger partial charge in [-0.2, -0.15) is 0 Å². The first-order valence-electron chi connectivity index (χ1n) is 9.88. The molecule has 1 amide bonds. The minimum absolute atomic E-state index is 0.139. The molecule has 0 N–H and O–H groups in total. The summed E-state index contributed by atoms with van der Waals surface area (Å²) in [6.07, 6.45) is 1.46. The topological polar surface area (TPSA) is 51.1 Å². The van der Waals surface area contributed by atoms with Crippen LogP contribution < -0.4 is 14.4 Å². The second-order valence-electron chi connectivity index (χ2n) is 6.75. The summed E-state index contributed by atoms with van der Waals surface area (Å²) in [5, 5.41) is 0. The Hall–Kier alpha value is -3.93. The molecule has 0 aliphatic carbocycles. The number of amides is 1. The first-order chi connectivity index (χ1) is 15.1. The summed E-state index contributed by atoms with van der Waals surface area (Å²) in [5.41, 5.74) is 1.71. The quantitative estimate of drug-likeness (QED) is 0.528. The van der Waals surface area contributed by atoms with E-state index in [1.807, 2.05) is 25.1 Å². The molecular formula is C25H21FN2O3. The number of para-hydroxylation sites is 1. The van der Waals surface area contributed by atoms with Gasteiger partial charge in [-0.05, 0) is 55.5 Å². The second kappa shape index (κ2) is 8.83. The van der Waals surface area contributed by atoms with E-state index in [9.17, 15) is 9.18 Å². The van der Waals surface area contributed by atoms with E-state index in [1.54, 1.807) is 55.6 Å². The largest absolute Gasteiger partial charge is 0.496 e. The van der Waals surface area contributed by atoms with Gasteiger partial charge in [0.15, 0.2) is 5.84 Å². The smallest absolute Gasteiger partial charge is 0.282 e. The summed E-state index contributed by atoms with van der Waals surface area (Å²) in [7, 11) is 1.56. The normalized spacial score (nSPS) is 14.7. The molecule has 6 heteroatoms. The van der Waals surface area contributed by atoms with Crippen LogP contribution in [0.5, 0.6) is 11.5 Å². The molecule has 3 aromatic rings. The van der Waals surface area contributed by atoms with Crippen molar-refractivity contribution in [1.82, 2.24) is 0 Å². The van der Waals surface area contributed by atoms with Crippen LogP contribution in [0.15, 0.2) is 83.5 Å². The summed E-state index contributed by atoms with van der Waals surface area (Å²) >= 11 is 0. The number of aliphatic imine (C=N–C) groups is 1. The Morgan fingerprint density at radius 3 is 2.42 bits per heavy atom. The molecule has 0 aromatic heterocycles. The molecule has 0 fully saturated rings. The summed E-state index contributed by atoms with van der Waals surface area (Å²) < 4.78 is 25.2. The number of nitrogens with zero attached hydrogens (tertiary/aromatic N) is 2. The Morgan fingerprint density at radius 1 is 1.00 bits per heavy atom. The zero-order valence-electron chi connectivity index (χ0n) is 17.2. The third kappa shape index (κ3) is 4.05. The maximum absolute atomic E-state index is 14.2. The third-order valence-electron chi connectivity index (χ3n) is 4.81. The lowest BCUT2D eigenvalue weighted by Crippen LogP contribution is -2.32. The third-order valence-corrected chi connectivity index (χ3v) is 4.81. The highest BCUT2D eigenvalue weighted by molar-refractivity contribution is 6.33. The van der Waals surface area contributed by atoms with Gasteiger partial charge in [-0.3, -0.25) is 9.69 Å². The van der Waals surface area contributed by atoms with E-state index >= 15 is 0 Å². The van der Waals surface area contributed by atoms with E-state index in [1.165, 1.54) is 17.0 Å². The fraction of sp³-hybridized carbons (Fsp3) is 0.120. The number of carbonyl (C=O) groups excluding carboxylic acids is 1. The number of ether oxygens (including phenoxy) is 2. The van der Waals surface area contributed by atoms with Gasteiger partial charge in [-0.25, -0.2) is 9.38 Å². The molecule has 0 saturated heterocycles. The maximum Gasteiger partial charge on any atom is 0.282 e. The zero-order valence-corrected chi connectivity index (χ0v) is 17.2. The summed E-state index contributed by atoms with van der Waals surface area (Å²) in [4.78, 5) is 19.4. The molecule has 1 aliphatic rings. The number of anilines is 1. The van der Waals surface area contributed by atoms with Gasteiger partial charge in [0, 0.05) is 5.56 Å². The second-order valence-corrected chi connectivity index (χ2v) is 6.75. The number of halogens is 1. The number of amidine groups is 1. The van der Waals surface area contributed by atoms with E-state index in [0.29, 0.717) is 40.8 Å². The summed E-state index contributed by atoms with van der Waals surface area (Å²) in [5.74, 6) is 0.923. The van der Waals surface area contributed by atoms with Crippen LogP contribution >= 0.6 is 0 Å². The number of methoxy groups -OCH3 is 1. The van der Waals surface area contributed by atoms with E-state index < -0.39 is 5.82 Å². The molecule has 4 rings (SSSR count). The maximum atomic E-state index is 14.2. The van der Waals surface area contributed by atoms with Crippen molar-refractivity contribution in [2.24, 2.45) is 4.99 Å². The lowest BCUT2D eigenvalue weighted by Gasteiger charge is -2.20. The van der Waals surface area contributed by atoms with Gasteiger partial charge in [0.2, 0.25) is 0 Å². The van der Waals surface area contributed by atoms with Crippen molar-refractivity contribution in [3.8, 4) is 11.5 Å². The molecule has 0 saturated carbocycles. The lowest BCUT2D eigenvalue weighted by molar-refractivity contribution is -0.113. The summed E-state index contributed by atoms with van der Waals surface area (Å²) in [6, 6.07) is 20.8. The highest BCUT2D eigenvalue weighted by Gasteiger charge is 2.34. The van der Waals surface area contributed by atoms with Crippen molar-refractivity contribution in [3.63, 3.8) is 0 Å². The van der Waals surface area contributed by atoms with Crippen LogP contribution in [-0.2, 0) is 4.79 Å². The number of rotatable bonds is 6. The Morgan fingerprint density at radius 2 is 1.71 bits per heavy atom. The van der Waals surface area contributed by atoms with Crippen molar-refractivity contribution in [1.29, 1.82) is 0 Å². The van der Waals surface area contributed by atoms with Crippen LogP contribution in [-0.4, -0.2) is 25.5 Å². The molecule has 0 unspecified atom stereocenters. The number of hydrogen-bond acceptors (Lipinski definition) is 4. The van der Waals surface area contributed by atoms with E-state index in [0.717, 1.165) is 0 Å². The van der Waals surface area contributed by atoms with Gasteiger partial charge in [0.05, 0.1) is 25.0 Å². The van der Waals surface area contributed by atoms with Crippen molar-refractivity contribution in [3.05, 3.63) is 95.4 Å². The summed E-state index contributed by atoms with van der Waals surface area (Å²) in [6.45, 7) is 2.45. The highest BCUT2D eigenvalue weighted by Crippen LogP contribution is 2.32. The molecule has 0 spiro atoms. The van der Waals surface area contributed by atoms with Gasteiger partial charge in [-0.1, -0.05) is 30.3 Å². The predicted octanol–water partition coefficient (Wildman–Crippen LogP) is 5.07. The Bertz CT molecular complexity index is 1170. The number of benzene rings is 3. The van der Waals surface area contributed by atoms with E-state index in [2.05, 4.69) is 4.99 Å². The van der Waals surface area contributed by atoms with Gasteiger partial charge >= 0.3 is 0 Å².